The minimum Gasteiger partial charge on any atom is -0.336 e. The predicted molar refractivity (Wildman–Crippen MR) is 186 cm³/mol. The van der Waals surface area contributed by atoms with Gasteiger partial charge in [0.15, 0.2) is 0 Å². The maximum absolute atomic E-state index is 15.8. The van der Waals surface area contributed by atoms with Crippen LogP contribution < -0.4 is 5.32 Å². The molecule has 10 nitrogen and oxygen atoms in total. The summed E-state index contributed by atoms with van der Waals surface area (Å²) in [6.45, 7) is 6.04. The van der Waals surface area contributed by atoms with E-state index in [4.69, 9.17) is 11.6 Å². The van der Waals surface area contributed by atoms with Crippen molar-refractivity contribution in [1.82, 2.24) is 24.9 Å². The van der Waals surface area contributed by atoms with Gasteiger partial charge in [-0.25, -0.2) is 8.78 Å². The second-order valence-electron chi connectivity index (χ2n) is 15.2. The van der Waals surface area contributed by atoms with Crippen LogP contribution >= 0.6 is 11.6 Å². The zero-order valence-electron chi connectivity index (χ0n) is 28.9. The number of halogens is 3. The number of hydrogen-bond donors (Lipinski definition) is 1. The Morgan fingerprint density at radius 2 is 1.61 bits per heavy atom. The van der Waals surface area contributed by atoms with E-state index in [-0.39, 0.29) is 48.3 Å². The molecule has 4 heterocycles. The van der Waals surface area contributed by atoms with E-state index in [9.17, 15) is 24.0 Å². The Hall–Kier alpha value is -4.00. The molecular formula is C38H42ClF2N5O5. The van der Waals surface area contributed by atoms with E-state index in [1.807, 2.05) is 34.1 Å². The Bertz CT molecular complexity index is 1820. The maximum atomic E-state index is 15.8. The number of alkyl halides is 2. The van der Waals surface area contributed by atoms with Crippen molar-refractivity contribution in [2.75, 3.05) is 39.3 Å². The monoisotopic (exact) mass is 721 g/mol. The third-order valence-electron chi connectivity index (χ3n) is 11.1. The fourth-order valence-corrected chi connectivity index (χ4v) is 8.46. The minimum atomic E-state index is -3.01. The quantitative estimate of drug-likeness (QED) is 0.429. The van der Waals surface area contributed by atoms with Crippen LogP contribution in [-0.2, 0) is 20.9 Å². The number of fused-ring (bicyclic) bond motifs is 1. The number of likely N-dealkylation sites (tertiary alicyclic amines) is 1. The molecule has 2 unspecified atom stereocenters. The Morgan fingerprint density at radius 1 is 0.902 bits per heavy atom. The van der Waals surface area contributed by atoms with Crippen LogP contribution in [0.2, 0.25) is 5.02 Å². The highest BCUT2D eigenvalue weighted by Gasteiger charge is 2.49. The molecule has 2 aromatic rings. The summed E-state index contributed by atoms with van der Waals surface area (Å²) in [7, 11) is 0. The summed E-state index contributed by atoms with van der Waals surface area (Å²) in [5.74, 6) is -5.38. The fraction of sp³-hybridized carbons (Fsp3) is 0.500. The van der Waals surface area contributed by atoms with Crippen LogP contribution in [-0.4, -0.2) is 106 Å². The average Bonchev–Trinajstić information content (AvgIpc) is 3.32. The first-order valence-electron chi connectivity index (χ1n) is 17.7. The molecule has 0 bridgehead atoms. The van der Waals surface area contributed by atoms with Gasteiger partial charge in [-0.15, -0.1) is 0 Å². The van der Waals surface area contributed by atoms with Crippen LogP contribution in [0.15, 0.2) is 48.0 Å². The van der Waals surface area contributed by atoms with E-state index in [0.29, 0.717) is 49.7 Å². The second kappa shape index (κ2) is 13.5. The van der Waals surface area contributed by atoms with E-state index in [0.717, 1.165) is 34.5 Å². The first kappa shape index (κ1) is 35.4. The molecule has 3 saturated heterocycles. The lowest BCUT2D eigenvalue weighted by Crippen LogP contribution is -2.62. The standard InChI is InChI=1S/C38H42ClF2N5O5/c1-37(2)13-11-27(29(20-37)24-4-6-25(39)7-5-24)34(49)45-17-15-44(16-18-45)31-12-14-43(22-38(31,40)41)21-23-3-8-26-28(19-23)36(51)46(35(26)50)30-9-10-32(47)42-33(30)48/h3-8,19,30-31H,9-18,20-22H2,1-2H3,(H,42,47,48). The van der Waals surface area contributed by atoms with Crippen LogP contribution in [0.25, 0.3) is 5.57 Å². The van der Waals surface area contributed by atoms with E-state index in [1.54, 1.807) is 17.0 Å². The van der Waals surface area contributed by atoms with Crippen molar-refractivity contribution < 1.29 is 32.8 Å². The number of rotatable bonds is 6. The van der Waals surface area contributed by atoms with Crippen molar-refractivity contribution in [3.8, 4) is 0 Å². The highest BCUT2D eigenvalue weighted by Crippen LogP contribution is 2.44. The minimum absolute atomic E-state index is 0.00793. The van der Waals surface area contributed by atoms with Crippen molar-refractivity contribution in [2.24, 2.45) is 5.41 Å². The highest BCUT2D eigenvalue weighted by atomic mass is 35.5. The smallest absolute Gasteiger partial charge is 0.275 e. The van der Waals surface area contributed by atoms with Crippen molar-refractivity contribution in [2.45, 2.75) is 76.9 Å². The van der Waals surface area contributed by atoms with Crippen LogP contribution in [0.1, 0.15) is 84.2 Å². The van der Waals surface area contributed by atoms with E-state index >= 15 is 8.78 Å². The molecule has 2 aromatic carbocycles. The Balaban J connectivity index is 0.969. The van der Waals surface area contributed by atoms with Crippen molar-refractivity contribution >= 4 is 46.7 Å². The number of imide groups is 2. The molecule has 1 N–H and O–H groups in total. The summed E-state index contributed by atoms with van der Waals surface area (Å²) >= 11 is 6.14. The van der Waals surface area contributed by atoms with Gasteiger partial charge in [-0.05, 0) is 78.5 Å². The van der Waals surface area contributed by atoms with Gasteiger partial charge >= 0.3 is 0 Å². The van der Waals surface area contributed by atoms with Crippen LogP contribution in [0.5, 0.6) is 0 Å². The second-order valence-corrected chi connectivity index (χ2v) is 15.7. The van der Waals surface area contributed by atoms with Gasteiger partial charge in [-0.3, -0.25) is 44.0 Å². The molecular weight excluding hydrogens is 680 g/mol. The molecule has 0 aromatic heterocycles. The number of amides is 5. The summed E-state index contributed by atoms with van der Waals surface area (Å²) in [6, 6.07) is 10.3. The summed E-state index contributed by atoms with van der Waals surface area (Å²) < 4.78 is 31.6. The van der Waals surface area contributed by atoms with Gasteiger partial charge in [-0.2, -0.15) is 0 Å². The summed E-state index contributed by atoms with van der Waals surface area (Å²) in [6.07, 6.45) is 2.68. The summed E-state index contributed by atoms with van der Waals surface area (Å²) in [5.41, 5.74) is 3.80. The molecule has 0 spiro atoms. The van der Waals surface area contributed by atoms with E-state index in [1.165, 1.54) is 6.07 Å². The first-order chi connectivity index (χ1) is 24.2. The third-order valence-corrected chi connectivity index (χ3v) is 11.4. The molecule has 0 radical (unpaired) electrons. The zero-order chi connectivity index (χ0) is 36.2. The molecule has 5 aliphatic rings. The van der Waals surface area contributed by atoms with E-state index in [2.05, 4.69) is 19.2 Å². The number of nitrogens with one attached hydrogen (secondary N) is 1. The third kappa shape index (κ3) is 6.97. The lowest BCUT2D eigenvalue weighted by Gasteiger charge is -2.46. The molecule has 7 rings (SSSR count). The fourth-order valence-electron chi connectivity index (χ4n) is 8.34. The number of piperidine rings is 2. The molecule has 0 saturated carbocycles. The lowest BCUT2D eigenvalue weighted by molar-refractivity contribution is -0.142. The topological polar surface area (TPSA) is 110 Å². The number of carbonyl (C=O) groups excluding carboxylic acids is 5. The van der Waals surface area contributed by atoms with Crippen molar-refractivity contribution in [3.63, 3.8) is 0 Å². The molecule has 4 aliphatic heterocycles. The normalized spacial score (nSPS) is 25.7. The number of benzene rings is 2. The number of piperazine rings is 1. The summed E-state index contributed by atoms with van der Waals surface area (Å²) in [4.78, 5) is 70.3. The van der Waals surface area contributed by atoms with E-state index < -0.39 is 48.2 Å². The van der Waals surface area contributed by atoms with Gasteiger partial charge in [0.25, 0.3) is 17.7 Å². The number of nitrogens with zero attached hydrogens (tertiary/aromatic N) is 4. The van der Waals surface area contributed by atoms with Gasteiger partial charge in [0, 0.05) is 56.3 Å². The predicted octanol–water partition coefficient (Wildman–Crippen LogP) is 4.76. The summed E-state index contributed by atoms with van der Waals surface area (Å²) in [5, 5.41) is 2.82. The Kier molecular flexibility index (Phi) is 9.39. The van der Waals surface area contributed by atoms with Gasteiger partial charge in [0.05, 0.1) is 23.7 Å². The lowest BCUT2D eigenvalue weighted by atomic mass is 9.72. The molecule has 2 atom stereocenters. The van der Waals surface area contributed by atoms with Crippen LogP contribution in [0.3, 0.4) is 0 Å². The molecule has 13 heteroatoms. The van der Waals surface area contributed by atoms with Crippen molar-refractivity contribution in [1.29, 1.82) is 0 Å². The number of allylic oxidation sites excluding steroid dienone is 1. The molecule has 1 aliphatic carbocycles. The van der Waals surface area contributed by atoms with Gasteiger partial charge in [0.2, 0.25) is 17.7 Å². The highest BCUT2D eigenvalue weighted by molar-refractivity contribution is 6.30. The Morgan fingerprint density at radius 3 is 2.29 bits per heavy atom. The average molecular weight is 722 g/mol. The maximum Gasteiger partial charge on any atom is 0.275 e. The van der Waals surface area contributed by atoms with Crippen LogP contribution in [0.4, 0.5) is 8.78 Å². The molecule has 3 fully saturated rings. The number of hydrogen-bond acceptors (Lipinski definition) is 7. The first-order valence-corrected chi connectivity index (χ1v) is 18.0. The zero-order valence-corrected chi connectivity index (χ0v) is 29.6. The van der Waals surface area contributed by atoms with Crippen LogP contribution in [0, 0.1) is 5.41 Å². The number of carbonyl (C=O) groups is 5. The molecule has 51 heavy (non-hydrogen) atoms. The largest absolute Gasteiger partial charge is 0.336 e. The molecule has 270 valence electrons. The van der Waals surface area contributed by atoms with Crippen molar-refractivity contribution in [3.05, 3.63) is 75.3 Å². The van der Waals surface area contributed by atoms with Gasteiger partial charge in [-0.1, -0.05) is 43.6 Å². The van der Waals surface area contributed by atoms with Gasteiger partial charge < -0.3 is 4.90 Å². The van der Waals surface area contributed by atoms with Gasteiger partial charge in [0.1, 0.15) is 6.04 Å². The SMILES string of the molecule is CC1(C)CCC(C(=O)N2CCN(C3CCN(Cc4ccc5c(c4)C(=O)N(C4CCC(=O)NC4=O)C5=O)CC3(F)F)CC2)=C(c2ccc(Cl)cc2)C1. The Labute approximate surface area is 300 Å². The molecule has 5 amide bonds.